The van der Waals surface area contributed by atoms with Gasteiger partial charge in [0.1, 0.15) is 13.2 Å². The van der Waals surface area contributed by atoms with Gasteiger partial charge in [-0.05, 0) is 116 Å². The lowest BCUT2D eigenvalue weighted by Gasteiger charge is -2.18. The van der Waals surface area contributed by atoms with E-state index in [0.29, 0.717) is 19.3 Å². The van der Waals surface area contributed by atoms with Gasteiger partial charge in [-0.25, -0.2) is 0 Å². The molecule has 0 radical (unpaired) electrons. The van der Waals surface area contributed by atoms with Crippen molar-refractivity contribution in [2.24, 2.45) is 0 Å². The summed E-state index contributed by atoms with van der Waals surface area (Å²) in [6.45, 7) is 6.51. The lowest BCUT2D eigenvalue weighted by molar-refractivity contribution is -0.167. The second-order valence-electron chi connectivity index (χ2n) is 22.7. The van der Waals surface area contributed by atoms with Gasteiger partial charge in [0.05, 0.1) is 0 Å². The Morgan fingerprint density at radius 2 is 0.494 bits per heavy atom. The van der Waals surface area contributed by atoms with Gasteiger partial charge in [-0.3, -0.25) is 14.4 Å². The van der Waals surface area contributed by atoms with Crippen LogP contribution >= 0.6 is 0 Å². The van der Waals surface area contributed by atoms with Crippen molar-refractivity contribution < 1.29 is 28.6 Å². The van der Waals surface area contributed by atoms with Crippen LogP contribution in [0.4, 0.5) is 0 Å². The molecule has 0 N–H and O–H groups in total. The van der Waals surface area contributed by atoms with Gasteiger partial charge in [0.2, 0.25) is 0 Å². The van der Waals surface area contributed by atoms with E-state index in [0.717, 1.165) is 109 Å². The highest BCUT2D eigenvalue weighted by Gasteiger charge is 2.19. The minimum Gasteiger partial charge on any atom is -0.462 e. The van der Waals surface area contributed by atoms with Crippen molar-refractivity contribution in [1.29, 1.82) is 0 Å². The maximum absolute atomic E-state index is 12.9. The number of rotatable bonds is 62. The Kier molecular flexibility index (Phi) is 64.2. The molecule has 0 bridgehead atoms. The number of ether oxygens (including phenoxy) is 3. The summed E-state index contributed by atoms with van der Waals surface area (Å²) in [4.78, 5) is 38.3. The molecule has 0 spiro atoms. The average molecular weight is 1100 g/mol. The van der Waals surface area contributed by atoms with E-state index in [9.17, 15) is 14.4 Å². The fourth-order valence-electron chi connectivity index (χ4n) is 9.76. The Hall–Kier alpha value is -3.41. The molecule has 79 heavy (non-hydrogen) atoms. The van der Waals surface area contributed by atoms with E-state index in [1.165, 1.54) is 193 Å². The standard InChI is InChI=1S/C73H128O6/c1-4-7-10-13-16-19-22-25-27-29-30-31-32-33-34-35-36-37-38-39-40-41-42-44-45-48-51-54-57-60-63-66-72(75)78-69-70(68-77-71(74)65-62-59-56-53-50-47-24-21-18-15-12-9-6-3)79-73(76)67-64-61-58-55-52-49-46-43-28-26-23-20-17-14-11-8-5-2/h8,11,17,20-22,24-26,28-30,46,49,70H,4-7,9-10,12-16,18-19,23,27,31-45,47-48,50-69H2,1-3H3/b11-8-,20-17-,24-21-,25-22-,28-26-,30-29-,49-46-. The number of hydrogen-bond donors (Lipinski definition) is 0. The number of esters is 3. The van der Waals surface area contributed by atoms with Gasteiger partial charge in [0.25, 0.3) is 0 Å². The maximum Gasteiger partial charge on any atom is 0.306 e. The monoisotopic (exact) mass is 1100 g/mol. The fourth-order valence-corrected chi connectivity index (χ4v) is 9.76. The normalized spacial score (nSPS) is 12.6. The third kappa shape index (κ3) is 65.3. The van der Waals surface area contributed by atoms with E-state index in [-0.39, 0.29) is 31.1 Å². The topological polar surface area (TPSA) is 78.9 Å². The molecular formula is C73H128O6. The van der Waals surface area contributed by atoms with E-state index in [1.54, 1.807) is 0 Å². The van der Waals surface area contributed by atoms with Crippen molar-refractivity contribution in [3.63, 3.8) is 0 Å². The molecule has 0 aromatic rings. The summed E-state index contributed by atoms with van der Waals surface area (Å²) in [5.41, 5.74) is 0. The van der Waals surface area contributed by atoms with Crippen molar-refractivity contribution in [3.05, 3.63) is 85.1 Å². The molecule has 0 rings (SSSR count). The van der Waals surface area contributed by atoms with Gasteiger partial charge in [0, 0.05) is 19.3 Å². The van der Waals surface area contributed by atoms with Crippen LogP contribution in [0.5, 0.6) is 0 Å². The van der Waals surface area contributed by atoms with E-state index in [1.807, 2.05) is 0 Å². The molecule has 0 aliphatic carbocycles. The molecule has 456 valence electrons. The minimum absolute atomic E-state index is 0.0866. The van der Waals surface area contributed by atoms with Crippen molar-refractivity contribution in [2.45, 2.75) is 348 Å². The lowest BCUT2D eigenvalue weighted by Crippen LogP contribution is -2.30. The summed E-state index contributed by atoms with van der Waals surface area (Å²) in [6.07, 6.45) is 89.0. The van der Waals surface area contributed by atoms with Gasteiger partial charge in [-0.2, -0.15) is 0 Å². The Bertz CT molecular complexity index is 1500. The highest BCUT2D eigenvalue weighted by molar-refractivity contribution is 5.71. The van der Waals surface area contributed by atoms with Crippen LogP contribution in [0.3, 0.4) is 0 Å². The zero-order valence-corrected chi connectivity index (χ0v) is 52.4. The summed E-state index contributed by atoms with van der Waals surface area (Å²) in [7, 11) is 0. The first-order valence-corrected chi connectivity index (χ1v) is 34.1. The number of carbonyl (C=O) groups is 3. The fraction of sp³-hybridized carbons (Fsp3) is 0.767. The van der Waals surface area contributed by atoms with Crippen molar-refractivity contribution in [2.75, 3.05) is 13.2 Å². The SMILES string of the molecule is CC/C=C\C/C=C\C/C=C\C/C=C\CCCCCCC(=O)OC(COC(=O)CCCCCCC/C=C\CCCCCC)COC(=O)CCCCCCCCCCCCCCCCCCCCC/C=C\C/C=C\CCCCCCC. The molecule has 0 aliphatic rings. The third-order valence-corrected chi connectivity index (χ3v) is 14.9. The molecule has 0 saturated heterocycles. The quantitative estimate of drug-likeness (QED) is 0.0261. The average Bonchev–Trinajstić information content (AvgIpc) is 3.45. The van der Waals surface area contributed by atoms with Gasteiger partial charge >= 0.3 is 17.9 Å². The molecular weight excluding hydrogens is 973 g/mol. The molecule has 0 aromatic carbocycles. The summed E-state index contributed by atoms with van der Waals surface area (Å²) in [5, 5.41) is 0. The highest BCUT2D eigenvalue weighted by Crippen LogP contribution is 2.17. The molecule has 1 unspecified atom stereocenters. The summed E-state index contributed by atoms with van der Waals surface area (Å²) >= 11 is 0. The van der Waals surface area contributed by atoms with Crippen LogP contribution in [0.2, 0.25) is 0 Å². The van der Waals surface area contributed by atoms with E-state index < -0.39 is 6.10 Å². The van der Waals surface area contributed by atoms with Gasteiger partial charge in [-0.1, -0.05) is 292 Å². The molecule has 0 aromatic heterocycles. The lowest BCUT2D eigenvalue weighted by atomic mass is 10.0. The van der Waals surface area contributed by atoms with Gasteiger partial charge in [-0.15, -0.1) is 0 Å². The van der Waals surface area contributed by atoms with Crippen molar-refractivity contribution in [3.8, 4) is 0 Å². The van der Waals surface area contributed by atoms with Crippen LogP contribution in [0.15, 0.2) is 85.1 Å². The second-order valence-corrected chi connectivity index (χ2v) is 22.7. The van der Waals surface area contributed by atoms with Crippen LogP contribution in [0, 0.1) is 0 Å². The number of unbranched alkanes of at least 4 members (excludes halogenated alkanes) is 37. The van der Waals surface area contributed by atoms with Crippen molar-refractivity contribution >= 4 is 17.9 Å². The summed E-state index contributed by atoms with van der Waals surface area (Å²) in [6, 6.07) is 0. The predicted octanol–water partition coefficient (Wildman–Crippen LogP) is 23.4. The largest absolute Gasteiger partial charge is 0.462 e. The number of carbonyl (C=O) groups excluding carboxylic acids is 3. The van der Waals surface area contributed by atoms with Crippen LogP contribution in [-0.2, 0) is 28.6 Å². The van der Waals surface area contributed by atoms with Crippen LogP contribution in [0.25, 0.3) is 0 Å². The van der Waals surface area contributed by atoms with Crippen LogP contribution < -0.4 is 0 Å². The first kappa shape index (κ1) is 75.6. The summed E-state index contributed by atoms with van der Waals surface area (Å²) in [5.74, 6) is -0.906. The molecule has 0 aliphatic heterocycles. The molecule has 0 saturated carbocycles. The Morgan fingerprint density at radius 3 is 0.797 bits per heavy atom. The molecule has 1 atom stereocenters. The van der Waals surface area contributed by atoms with E-state index >= 15 is 0 Å². The smallest absolute Gasteiger partial charge is 0.306 e. The zero-order valence-electron chi connectivity index (χ0n) is 52.4. The van der Waals surface area contributed by atoms with E-state index in [2.05, 4.69) is 106 Å². The molecule has 0 heterocycles. The second kappa shape index (κ2) is 67.1. The summed E-state index contributed by atoms with van der Waals surface area (Å²) < 4.78 is 16.9. The van der Waals surface area contributed by atoms with Gasteiger partial charge in [0.15, 0.2) is 6.10 Å². The maximum atomic E-state index is 12.9. The Balaban J connectivity index is 4.20. The molecule has 6 heteroatoms. The zero-order chi connectivity index (χ0) is 57.1. The first-order valence-electron chi connectivity index (χ1n) is 34.1. The Labute approximate surface area is 490 Å². The highest BCUT2D eigenvalue weighted by atomic mass is 16.6. The molecule has 0 fully saturated rings. The van der Waals surface area contributed by atoms with Gasteiger partial charge < -0.3 is 14.2 Å². The van der Waals surface area contributed by atoms with Crippen molar-refractivity contribution in [1.82, 2.24) is 0 Å². The predicted molar refractivity (Wildman–Crippen MR) is 344 cm³/mol. The number of allylic oxidation sites excluding steroid dienone is 14. The third-order valence-electron chi connectivity index (χ3n) is 14.9. The molecule has 6 nitrogen and oxygen atoms in total. The minimum atomic E-state index is -0.793. The van der Waals surface area contributed by atoms with Crippen LogP contribution in [-0.4, -0.2) is 37.2 Å². The van der Waals surface area contributed by atoms with E-state index in [4.69, 9.17) is 14.2 Å². The first-order chi connectivity index (χ1) is 39.0. The Morgan fingerprint density at radius 1 is 0.266 bits per heavy atom. The van der Waals surface area contributed by atoms with Crippen LogP contribution in [0.1, 0.15) is 342 Å². The molecule has 0 amide bonds. The number of hydrogen-bond acceptors (Lipinski definition) is 6.